The van der Waals surface area contributed by atoms with Gasteiger partial charge in [-0.3, -0.25) is 0 Å². The van der Waals surface area contributed by atoms with Crippen molar-refractivity contribution in [1.29, 1.82) is 0 Å². The monoisotopic (exact) mass is 223 g/mol. The Hall–Kier alpha value is -1.29. The van der Waals surface area contributed by atoms with Gasteiger partial charge in [0, 0.05) is 37.6 Å². The first kappa shape index (κ1) is 12.8. The van der Waals surface area contributed by atoms with E-state index in [1.54, 1.807) is 13.3 Å². The van der Waals surface area contributed by atoms with Crippen LogP contribution in [-0.2, 0) is 4.74 Å². The number of anilines is 2. The van der Waals surface area contributed by atoms with Crippen LogP contribution in [0.4, 0.5) is 11.5 Å². The van der Waals surface area contributed by atoms with Crippen molar-refractivity contribution in [2.75, 3.05) is 30.9 Å². The highest BCUT2D eigenvalue weighted by Crippen LogP contribution is 2.12. The van der Waals surface area contributed by atoms with Crippen LogP contribution in [0.2, 0.25) is 0 Å². The molecule has 2 N–H and O–H groups in total. The fourth-order valence-electron chi connectivity index (χ4n) is 1.45. The van der Waals surface area contributed by atoms with Crippen LogP contribution in [0.1, 0.15) is 20.3 Å². The van der Waals surface area contributed by atoms with E-state index in [4.69, 9.17) is 4.74 Å². The van der Waals surface area contributed by atoms with Crippen LogP contribution in [0.25, 0.3) is 0 Å². The second-order valence-electron chi connectivity index (χ2n) is 3.86. The third kappa shape index (κ3) is 4.49. The van der Waals surface area contributed by atoms with Crippen molar-refractivity contribution in [3.05, 3.63) is 18.3 Å². The average molecular weight is 223 g/mol. The molecule has 16 heavy (non-hydrogen) atoms. The summed E-state index contributed by atoms with van der Waals surface area (Å²) >= 11 is 0. The van der Waals surface area contributed by atoms with Crippen molar-refractivity contribution in [3.8, 4) is 0 Å². The van der Waals surface area contributed by atoms with E-state index in [1.807, 2.05) is 12.1 Å². The number of methoxy groups -OCH3 is 1. The number of ether oxygens (including phenoxy) is 1. The second-order valence-corrected chi connectivity index (χ2v) is 3.86. The van der Waals surface area contributed by atoms with E-state index in [9.17, 15) is 0 Å². The number of hydrogen-bond acceptors (Lipinski definition) is 4. The predicted molar refractivity (Wildman–Crippen MR) is 68.0 cm³/mol. The van der Waals surface area contributed by atoms with Gasteiger partial charge in [0.2, 0.25) is 0 Å². The Morgan fingerprint density at radius 1 is 1.50 bits per heavy atom. The lowest BCUT2D eigenvalue weighted by molar-refractivity contribution is 0.190. The molecule has 0 aliphatic carbocycles. The van der Waals surface area contributed by atoms with E-state index in [0.29, 0.717) is 12.6 Å². The quantitative estimate of drug-likeness (QED) is 0.745. The molecule has 1 rings (SSSR count). The Balaban J connectivity index is 2.52. The highest BCUT2D eigenvalue weighted by molar-refractivity contribution is 5.52. The number of nitrogens with zero attached hydrogens (tertiary/aromatic N) is 1. The Labute approximate surface area is 97.4 Å². The summed E-state index contributed by atoms with van der Waals surface area (Å²) in [5.41, 5.74) is 1.07. The molecule has 1 aromatic rings. The highest BCUT2D eigenvalue weighted by atomic mass is 16.5. The van der Waals surface area contributed by atoms with Gasteiger partial charge in [-0.15, -0.1) is 0 Å². The van der Waals surface area contributed by atoms with E-state index in [1.165, 1.54) is 0 Å². The molecule has 4 nitrogen and oxygen atoms in total. The fraction of sp³-hybridized carbons (Fsp3) is 0.583. The summed E-state index contributed by atoms with van der Waals surface area (Å²) in [5, 5.41) is 6.61. The zero-order valence-electron chi connectivity index (χ0n) is 10.3. The third-order valence-corrected chi connectivity index (χ3v) is 2.15. The average Bonchev–Trinajstić information content (AvgIpc) is 2.27. The molecule has 0 fully saturated rings. The lowest BCUT2D eigenvalue weighted by Crippen LogP contribution is -2.20. The van der Waals surface area contributed by atoms with Crippen LogP contribution in [0.3, 0.4) is 0 Å². The van der Waals surface area contributed by atoms with Crippen LogP contribution in [0, 0.1) is 0 Å². The first-order chi connectivity index (χ1) is 7.76. The Bertz CT molecular complexity index is 304. The zero-order chi connectivity index (χ0) is 11.8. The molecule has 0 saturated heterocycles. The van der Waals surface area contributed by atoms with Gasteiger partial charge in [0.1, 0.15) is 5.82 Å². The maximum atomic E-state index is 5.08. The van der Waals surface area contributed by atoms with E-state index in [-0.39, 0.29) is 0 Å². The molecule has 0 spiro atoms. The number of pyridine rings is 1. The van der Waals surface area contributed by atoms with Crippen molar-refractivity contribution >= 4 is 11.5 Å². The summed E-state index contributed by atoms with van der Waals surface area (Å²) < 4.78 is 5.08. The smallest absolute Gasteiger partial charge is 0.127 e. The van der Waals surface area contributed by atoms with Gasteiger partial charge in [0.15, 0.2) is 0 Å². The summed E-state index contributed by atoms with van der Waals surface area (Å²) in [6, 6.07) is 4.27. The molecule has 4 heteroatoms. The van der Waals surface area contributed by atoms with Crippen LogP contribution in [0.5, 0.6) is 0 Å². The second kappa shape index (κ2) is 7.06. The molecule has 0 radical (unpaired) electrons. The molecular weight excluding hydrogens is 202 g/mol. The first-order valence-electron chi connectivity index (χ1n) is 5.71. The topological polar surface area (TPSA) is 46.2 Å². The largest absolute Gasteiger partial charge is 0.383 e. The van der Waals surface area contributed by atoms with Gasteiger partial charge in [0.05, 0.1) is 6.61 Å². The Kier molecular flexibility index (Phi) is 5.64. The van der Waals surface area contributed by atoms with Crippen LogP contribution < -0.4 is 10.6 Å². The minimum atomic E-state index is 0.298. The Morgan fingerprint density at radius 2 is 2.31 bits per heavy atom. The summed E-state index contributed by atoms with van der Waals surface area (Å²) in [4.78, 5) is 4.25. The summed E-state index contributed by atoms with van der Waals surface area (Å²) in [6.45, 7) is 5.86. The van der Waals surface area contributed by atoms with E-state index >= 15 is 0 Å². The van der Waals surface area contributed by atoms with Gasteiger partial charge < -0.3 is 15.4 Å². The van der Waals surface area contributed by atoms with Crippen LogP contribution in [-0.4, -0.2) is 31.3 Å². The number of nitrogens with one attached hydrogen (secondary N) is 2. The molecule has 0 bridgehead atoms. The molecule has 1 aromatic heterocycles. The van der Waals surface area contributed by atoms with Gasteiger partial charge in [-0.05, 0) is 19.4 Å². The number of aromatic nitrogens is 1. The van der Waals surface area contributed by atoms with Gasteiger partial charge >= 0.3 is 0 Å². The fourth-order valence-corrected chi connectivity index (χ4v) is 1.45. The maximum absolute atomic E-state index is 5.08. The molecule has 1 heterocycles. The molecule has 1 unspecified atom stereocenters. The van der Waals surface area contributed by atoms with E-state index in [0.717, 1.165) is 24.5 Å². The zero-order valence-corrected chi connectivity index (χ0v) is 10.3. The molecule has 0 amide bonds. The first-order valence-corrected chi connectivity index (χ1v) is 5.71. The number of hydrogen-bond donors (Lipinski definition) is 2. The summed E-state index contributed by atoms with van der Waals surface area (Å²) in [7, 11) is 1.71. The van der Waals surface area contributed by atoms with Gasteiger partial charge in [0.25, 0.3) is 0 Å². The van der Waals surface area contributed by atoms with Gasteiger partial charge in [-0.1, -0.05) is 6.92 Å². The Morgan fingerprint density at radius 3 is 3.00 bits per heavy atom. The third-order valence-electron chi connectivity index (χ3n) is 2.15. The molecule has 0 aliphatic heterocycles. The molecular formula is C12H21N3O. The number of rotatable bonds is 7. The van der Waals surface area contributed by atoms with Gasteiger partial charge in [-0.2, -0.15) is 0 Å². The normalized spacial score (nSPS) is 12.2. The van der Waals surface area contributed by atoms with E-state index < -0.39 is 0 Å². The maximum Gasteiger partial charge on any atom is 0.127 e. The van der Waals surface area contributed by atoms with Crippen molar-refractivity contribution in [2.45, 2.75) is 26.3 Å². The lowest BCUT2D eigenvalue weighted by atomic mass is 10.3. The summed E-state index contributed by atoms with van der Waals surface area (Å²) in [6.07, 6.45) is 2.90. The van der Waals surface area contributed by atoms with Crippen molar-refractivity contribution in [1.82, 2.24) is 4.98 Å². The molecule has 90 valence electrons. The molecule has 0 aromatic carbocycles. The lowest BCUT2D eigenvalue weighted by Gasteiger charge is -2.14. The standard InChI is InChI=1S/C12H21N3O/c1-4-6-13-12-8-11(5-7-14-12)15-10(2)9-16-3/h5,7-8,10H,4,6,9H2,1-3H3,(H2,13,14,15). The van der Waals surface area contributed by atoms with E-state index in [2.05, 4.69) is 29.5 Å². The SMILES string of the molecule is CCCNc1cc(NC(C)COC)ccn1. The van der Waals surface area contributed by atoms with Crippen molar-refractivity contribution in [2.24, 2.45) is 0 Å². The van der Waals surface area contributed by atoms with Crippen LogP contribution in [0.15, 0.2) is 18.3 Å². The molecule has 0 aliphatic rings. The van der Waals surface area contributed by atoms with Gasteiger partial charge in [-0.25, -0.2) is 4.98 Å². The summed E-state index contributed by atoms with van der Waals surface area (Å²) in [5.74, 6) is 0.913. The van der Waals surface area contributed by atoms with Crippen LogP contribution >= 0.6 is 0 Å². The minimum absolute atomic E-state index is 0.298. The highest BCUT2D eigenvalue weighted by Gasteiger charge is 2.01. The van der Waals surface area contributed by atoms with Crippen molar-refractivity contribution < 1.29 is 4.74 Å². The predicted octanol–water partition coefficient (Wildman–Crippen LogP) is 2.35. The molecule has 0 saturated carbocycles. The van der Waals surface area contributed by atoms with Crippen molar-refractivity contribution in [3.63, 3.8) is 0 Å². The minimum Gasteiger partial charge on any atom is -0.383 e. The molecule has 1 atom stereocenters.